The highest BCUT2D eigenvalue weighted by Gasteiger charge is 2.38. The number of hydrogen-bond donors (Lipinski definition) is 1. The number of nitrogens with zero attached hydrogens (tertiary/aromatic N) is 3. The number of carbonyl (C=O) groups excluding carboxylic acids is 1. The molecule has 5 nitrogen and oxygen atoms in total. The Morgan fingerprint density at radius 1 is 1.00 bits per heavy atom. The van der Waals surface area contributed by atoms with E-state index in [-0.39, 0.29) is 23.8 Å². The number of hydrogen-bond acceptors (Lipinski definition) is 4. The molecule has 3 heterocycles. The lowest BCUT2D eigenvalue weighted by Crippen LogP contribution is -2.43. The Morgan fingerprint density at radius 3 is 2.49 bits per heavy atom. The summed E-state index contributed by atoms with van der Waals surface area (Å²) < 4.78 is 13.4. The Kier molecular flexibility index (Phi) is 6.93. The Morgan fingerprint density at radius 2 is 1.74 bits per heavy atom. The van der Waals surface area contributed by atoms with Gasteiger partial charge in [0.05, 0.1) is 5.69 Å². The molecule has 4 atom stereocenters. The van der Waals surface area contributed by atoms with E-state index in [1.165, 1.54) is 11.1 Å². The SMILES string of the molecule is CC(N)c1cccc(C(=O)N2C[C@@H](c3ccccc3)C[C@H]2CN2CC[C@H](c3ccc(F)cc3)C2)n1. The predicted molar refractivity (Wildman–Crippen MR) is 136 cm³/mol. The summed E-state index contributed by atoms with van der Waals surface area (Å²) in [6, 6.07) is 22.8. The molecule has 35 heavy (non-hydrogen) atoms. The second-order valence-electron chi connectivity index (χ2n) is 9.99. The molecule has 2 N–H and O–H groups in total. The van der Waals surface area contributed by atoms with Gasteiger partial charge in [-0.2, -0.15) is 0 Å². The maximum Gasteiger partial charge on any atom is 0.272 e. The van der Waals surface area contributed by atoms with Gasteiger partial charge in [-0.05, 0) is 67.6 Å². The first-order valence-corrected chi connectivity index (χ1v) is 12.5. The van der Waals surface area contributed by atoms with Crippen LogP contribution in [-0.2, 0) is 0 Å². The molecule has 6 heteroatoms. The molecular formula is C29H33FN4O. The monoisotopic (exact) mass is 472 g/mol. The van der Waals surface area contributed by atoms with Crippen LogP contribution in [0.4, 0.5) is 4.39 Å². The molecule has 182 valence electrons. The van der Waals surface area contributed by atoms with Crippen LogP contribution in [0, 0.1) is 5.82 Å². The molecule has 1 amide bonds. The molecule has 2 aliphatic rings. The number of amides is 1. The van der Waals surface area contributed by atoms with Crippen LogP contribution in [0.15, 0.2) is 72.8 Å². The molecule has 0 bridgehead atoms. The minimum Gasteiger partial charge on any atom is -0.332 e. The zero-order valence-electron chi connectivity index (χ0n) is 20.2. The summed E-state index contributed by atoms with van der Waals surface area (Å²) in [7, 11) is 0. The molecule has 2 aliphatic heterocycles. The van der Waals surface area contributed by atoms with E-state index in [0.29, 0.717) is 24.1 Å². The molecule has 0 aliphatic carbocycles. The lowest BCUT2D eigenvalue weighted by atomic mass is 9.96. The van der Waals surface area contributed by atoms with Crippen molar-refractivity contribution in [3.8, 4) is 0 Å². The highest BCUT2D eigenvalue weighted by molar-refractivity contribution is 5.93. The van der Waals surface area contributed by atoms with Crippen LogP contribution >= 0.6 is 0 Å². The maximum atomic E-state index is 13.7. The largest absolute Gasteiger partial charge is 0.332 e. The Balaban J connectivity index is 1.34. The first-order chi connectivity index (χ1) is 17.0. The normalized spacial score (nSPS) is 23.5. The van der Waals surface area contributed by atoms with Crippen LogP contribution in [0.5, 0.6) is 0 Å². The van der Waals surface area contributed by atoms with Crippen molar-refractivity contribution in [2.24, 2.45) is 5.73 Å². The average Bonchev–Trinajstić information content (AvgIpc) is 3.52. The van der Waals surface area contributed by atoms with Crippen molar-refractivity contribution in [1.29, 1.82) is 0 Å². The first-order valence-electron chi connectivity index (χ1n) is 12.5. The smallest absolute Gasteiger partial charge is 0.272 e. The Bertz CT molecular complexity index is 1150. The van der Waals surface area contributed by atoms with E-state index in [2.05, 4.69) is 34.1 Å². The second kappa shape index (κ2) is 10.3. The fourth-order valence-corrected chi connectivity index (χ4v) is 5.58. The van der Waals surface area contributed by atoms with Crippen molar-refractivity contribution in [3.05, 3.63) is 101 Å². The molecule has 0 saturated carbocycles. The van der Waals surface area contributed by atoms with Gasteiger partial charge in [0.25, 0.3) is 5.91 Å². The molecule has 3 aromatic rings. The predicted octanol–water partition coefficient (Wildman–Crippen LogP) is 4.73. The number of halogens is 1. The van der Waals surface area contributed by atoms with Gasteiger partial charge in [0, 0.05) is 37.6 Å². The van der Waals surface area contributed by atoms with E-state index in [9.17, 15) is 9.18 Å². The van der Waals surface area contributed by atoms with Gasteiger partial charge in [-0.3, -0.25) is 4.79 Å². The Hall–Kier alpha value is -3.09. The van der Waals surface area contributed by atoms with Crippen molar-refractivity contribution in [3.63, 3.8) is 0 Å². The highest BCUT2D eigenvalue weighted by Crippen LogP contribution is 2.35. The fraction of sp³-hybridized carbons (Fsp3) is 0.379. The molecule has 0 radical (unpaired) electrons. The first kappa shape index (κ1) is 23.6. The van der Waals surface area contributed by atoms with Crippen LogP contribution in [0.25, 0.3) is 0 Å². The van der Waals surface area contributed by atoms with E-state index in [0.717, 1.165) is 38.2 Å². The number of aromatic nitrogens is 1. The lowest BCUT2D eigenvalue weighted by Gasteiger charge is -2.28. The molecule has 2 aromatic carbocycles. The van der Waals surface area contributed by atoms with Gasteiger partial charge in [0.2, 0.25) is 0 Å². The van der Waals surface area contributed by atoms with E-state index < -0.39 is 0 Å². The van der Waals surface area contributed by atoms with E-state index >= 15 is 0 Å². The van der Waals surface area contributed by atoms with Gasteiger partial charge >= 0.3 is 0 Å². The highest BCUT2D eigenvalue weighted by atomic mass is 19.1. The summed E-state index contributed by atoms with van der Waals surface area (Å²) in [6.45, 7) is 5.31. The number of nitrogens with two attached hydrogens (primary N) is 1. The summed E-state index contributed by atoms with van der Waals surface area (Å²) >= 11 is 0. The third-order valence-corrected chi connectivity index (χ3v) is 7.49. The Labute approximate surface area is 206 Å². The molecular weight excluding hydrogens is 439 g/mol. The number of rotatable bonds is 6. The summed E-state index contributed by atoms with van der Waals surface area (Å²) in [4.78, 5) is 22.7. The number of benzene rings is 2. The summed E-state index contributed by atoms with van der Waals surface area (Å²) in [5.74, 6) is 0.482. The van der Waals surface area contributed by atoms with Crippen molar-refractivity contribution < 1.29 is 9.18 Å². The van der Waals surface area contributed by atoms with Gasteiger partial charge in [-0.1, -0.05) is 48.5 Å². The zero-order chi connectivity index (χ0) is 24.4. The molecule has 2 fully saturated rings. The summed E-state index contributed by atoms with van der Waals surface area (Å²) in [5.41, 5.74) is 9.68. The molecule has 2 saturated heterocycles. The zero-order valence-corrected chi connectivity index (χ0v) is 20.2. The van der Waals surface area contributed by atoms with Gasteiger partial charge in [-0.15, -0.1) is 0 Å². The molecule has 5 rings (SSSR count). The molecule has 1 aromatic heterocycles. The quantitative estimate of drug-likeness (QED) is 0.564. The minimum atomic E-state index is -0.220. The van der Waals surface area contributed by atoms with Crippen LogP contribution < -0.4 is 5.73 Å². The number of likely N-dealkylation sites (tertiary alicyclic amines) is 2. The van der Waals surface area contributed by atoms with Crippen LogP contribution in [-0.4, -0.2) is 52.9 Å². The van der Waals surface area contributed by atoms with Gasteiger partial charge in [-0.25, -0.2) is 9.37 Å². The number of carbonyl (C=O) groups is 1. The number of pyridine rings is 1. The third-order valence-electron chi connectivity index (χ3n) is 7.49. The standard InChI is InChI=1S/C29H33FN4O/c1-20(31)27-8-5-9-28(32-27)29(35)34-18-24(21-6-3-2-4-7-21)16-26(34)19-33-15-14-23(17-33)22-10-12-25(30)13-11-22/h2-13,20,23-24,26H,14-19,31H2,1H3/t20?,23-,24-,26-/m0/s1. The average molecular weight is 473 g/mol. The van der Waals surface area contributed by atoms with Gasteiger partial charge < -0.3 is 15.5 Å². The fourth-order valence-electron chi connectivity index (χ4n) is 5.58. The minimum absolute atomic E-state index is 0.0230. The van der Waals surface area contributed by atoms with Crippen LogP contribution in [0.1, 0.15) is 65.0 Å². The van der Waals surface area contributed by atoms with E-state index in [1.54, 1.807) is 18.2 Å². The topological polar surface area (TPSA) is 62.5 Å². The van der Waals surface area contributed by atoms with Crippen molar-refractivity contribution >= 4 is 5.91 Å². The van der Waals surface area contributed by atoms with Crippen LogP contribution in [0.3, 0.4) is 0 Å². The molecule has 0 spiro atoms. The summed E-state index contributed by atoms with van der Waals surface area (Å²) in [6.07, 6.45) is 1.98. The van der Waals surface area contributed by atoms with Gasteiger partial charge in [0.1, 0.15) is 11.5 Å². The van der Waals surface area contributed by atoms with Crippen molar-refractivity contribution in [2.45, 2.75) is 43.7 Å². The lowest BCUT2D eigenvalue weighted by molar-refractivity contribution is 0.0701. The van der Waals surface area contributed by atoms with Gasteiger partial charge in [0.15, 0.2) is 0 Å². The van der Waals surface area contributed by atoms with E-state index in [4.69, 9.17) is 5.73 Å². The third kappa shape index (κ3) is 5.29. The maximum absolute atomic E-state index is 13.7. The van der Waals surface area contributed by atoms with Crippen LogP contribution in [0.2, 0.25) is 0 Å². The van der Waals surface area contributed by atoms with Crippen molar-refractivity contribution in [1.82, 2.24) is 14.8 Å². The summed E-state index contributed by atoms with van der Waals surface area (Å²) in [5, 5.41) is 0. The van der Waals surface area contributed by atoms with E-state index in [1.807, 2.05) is 42.2 Å². The van der Waals surface area contributed by atoms with Crippen molar-refractivity contribution in [2.75, 3.05) is 26.2 Å². The molecule has 1 unspecified atom stereocenters. The second-order valence-corrected chi connectivity index (χ2v) is 9.99.